The summed E-state index contributed by atoms with van der Waals surface area (Å²) in [5.74, 6) is 0. The van der Waals surface area contributed by atoms with Gasteiger partial charge in [-0.25, -0.2) is 0 Å². The maximum absolute atomic E-state index is 2.38. The SMILES string of the molecule is c1ccc(N(c2cccc(-c3ccc4ccccc4c3)c2)c2ccccc2-c2ccc3c(c2)sc2ccccc23)cc1. The Morgan fingerprint density at radius 1 is 0.381 bits per heavy atom. The van der Waals surface area contributed by atoms with Crippen LogP contribution in [0, 0.1) is 0 Å². The van der Waals surface area contributed by atoms with E-state index in [0.717, 1.165) is 17.1 Å². The molecule has 0 aliphatic carbocycles. The van der Waals surface area contributed by atoms with E-state index in [-0.39, 0.29) is 0 Å². The van der Waals surface area contributed by atoms with Crippen molar-refractivity contribution >= 4 is 59.3 Å². The van der Waals surface area contributed by atoms with Crippen LogP contribution in [0.5, 0.6) is 0 Å². The number of benzene rings is 7. The summed E-state index contributed by atoms with van der Waals surface area (Å²) in [5, 5.41) is 5.16. The molecule has 0 saturated carbocycles. The Kier molecular flexibility index (Phi) is 6.05. The van der Waals surface area contributed by atoms with Gasteiger partial charge in [-0.3, -0.25) is 0 Å². The molecule has 1 aromatic heterocycles. The second-order valence-corrected chi connectivity index (χ2v) is 11.7. The lowest BCUT2D eigenvalue weighted by Gasteiger charge is -2.28. The molecule has 0 aliphatic heterocycles. The zero-order valence-electron chi connectivity index (χ0n) is 22.9. The molecule has 7 aromatic carbocycles. The van der Waals surface area contributed by atoms with Crippen LogP contribution in [0.2, 0.25) is 0 Å². The first kappa shape index (κ1) is 24.6. The van der Waals surface area contributed by atoms with Gasteiger partial charge in [-0.05, 0) is 76.0 Å². The van der Waals surface area contributed by atoms with Crippen molar-refractivity contribution in [1.29, 1.82) is 0 Å². The van der Waals surface area contributed by atoms with Gasteiger partial charge in [-0.2, -0.15) is 0 Å². The van der Waals surface area contributed by atoms with Gasteiger partial charge in [0.2, 0.25) is 0 Å². The summed E-state index contributed by atoms with van der Waals surface area (Å²) < 4.78 is 2.64. The van der Waals surface area contributed by atoms with Crippen LogP contribution in [0.3, 0.4) is 0 Å². The smallest absolute Gasteiger partial charge is 0.0540 e. The largest absolute Gasteiger partial charge is 0.310 e. The summed E-state index contributed by atoms with van der Waals surface area (Å²) in [4.78, 5) is 2.38. The number of hydrogen-bond acceptors (Lipinski definition) is 2. The Labute approximate surface area is 249 Å². The lowest BCUT2D eigenvalue weighted by molar-refractivity contribution is 1.28. The summed E-state index contributed by atoms with van der Waals surface area (Å²) in [6.45, 7) is 0. The number of thiophene rings is 1. The summed E-state index contributed by atoms with van der Waals surface area (Å²) >= 11 is 1.86. The minimum atomic E-state index is 1.13. The van der Waals surface area contributed by atoms with Gasteiger partial charge in [-0.15, -0.1) is 11.3 Å². The van der Waals surface area contributed by atoms with Gasteiger partial charge >= 0.3 is 0 Å². The maximum atomic E-state index is 2.38. The lowest BCUT2D eigenvalue weighted by Crippen LogP contribution is -2.11. The molecule has 8 rings (SSSR count). The molecule has 1 nitrogen and oxygen atoms in total. The molecule has 8 aromatic rings. The van der Waals surface area contributed by atoms with Crippen LogP contribution in [0.1, 0.15) is 0 Å². The van der Waals surface area contributed by atoms with Gasteiger partial charge in [0.05, 0.1) is 5.69 Å². The molecule has 0 fully saturated rings. The Balaban J connectivity index is 1.28. The molecule has 198 valence electrons. The summed E-state index contributed by atoms with van der Waals surface area (Å²) in [5.41, 5.74) is 8.24. The zero-order chi connectivity index (χ0) is 27.9. The van der Waals surface area contributed by atoms with Crippen molar-refractivity contribution in [3.8, 4) is 22.3 Å². The molecule has 0 radical (unpaired) electrons. The number of hydrogen-bond donors (Lipinski definition) is 0. The number of anilines is 3. The van der Waals surface area contributed by atoms with Gasteiger partial charge < -0.3 is 4.90 Å². The van der Waals surface area contributed by atoms with E-state index >= 15 is 0 Å². The minimum absolute atomic E-state index is 1.13. The highest BCUT2D eigenvalue weighted by Gasteiger charge is 2.18. The molecule has 0 N–H and O–H groups in total. The van der Waals surface area contributed by atoms with Crippen molar-refractivity contribution in [2.45, 2.75) is 0 Å². The van der Waals surface area contributed by atoms with E-state index in [1.165, 1.54) is 53.2 Å². The third kappa shape index (κ3) is 4.34. The van der Waals surface area contributed by atoms with Gasteiger partial charge in [-0.1, -0.05) is 115 Å². The number of rotatable bonds is 5. The van der Waals surface area contributed by atoms with E-state index in [9.17, 15) is 0 Å². The quantitative estimate of drug-likeness (QED) is 0.205. The highest BCUT2D eigenvalue weighted by atomic mass is 32.1. The van der Waals surface area contributed by atoms with Gasteiger partial charge in [0.15, 0.2) is 0 Å². The fraction of sp³-hybridized carbons (Fsp3) is 0. The van der Waals surface area contributed by atoms with Crippen LogP contribution < -0.4 is 4.90 Å². The predicted octanol–water partition coefficient (Wildman–Crippen LogP) is 12.0. The van der Waals surface area contributed by atoms with Crippen molar-refractivity contribution in [3.63, 3.8) is 0 Å². The van der Waals surface area contributed by atoms with Crippen LogP contribution in [-0.4, -0.2) is 0 Å². The van der Waals surface area contributed by atoms with Crippen molar-refractivity contribution in [2.24, 2.45) is 0 Å². The molecule has 1 heterocycles. The van der Waals surface area contributed by atoms with Gasteiger partial charge in [0, 0.05) is 37.1 Å². The van der Waals surface area contributed by atoms with E-state index in [1.807, 2.05) is 11.3 Å². The van der Waals surface area contributed by atoms with Crippen molar-refractivity contribution in [3.05, 3.63) is 164 Å². The van der Waals surface area contributed by atoms with E-state index in [4.69, 9.17) is 0 Å². The fourth-order valence-electron chi connectivity index (χ4n) is 6.00. The highest BCUT2D eigenvalue weighted by Crippen LogP contribution is 2.43. The van der Waals surface area contributed by atoms with Gasteiger partial charge in [0.1, 0.15) is 0 Å². The molecule has 0 aliphatic rings. The van der Waals surface area contributed by atoms with E-state index in [1.54, 1.807) is 0 Å². The summed E-state index contributed by atoms with van der Waals surface area (Å²) in [7, 11) is 0. The molecule has 0 bridgehead atoms. The Morgan fingerprint density at radius 2 is 1.07 bits per heavy atom. The Morgan fingerprint density at radius 3 is 2.00 bits per heavy atom. The molecule has 0 atom stereocenters. The molecule has 42 heavy (non-hydrogen) atoms. The zero-order valence-corrected chi connectivity index (χ0v) is 23.8. The number of para-hydroxylation sites is 2. The molecule has 0 spiro atoms. The van der Waals surface area contributed by atoms with Crippen molar-refractivity contribution < 1.29 is 0 Å². The molecular formula is C40H27NS. The van der Waals surface area contributed by atoms with Crippen LogP contribution in [0.25, 0.3) is 53.2 Å². The summed E-state index contributed by atoms with van der Waals surface area (Å²) in [6, 6.07) is 59.2. The first-order valence-corrected chi connectivity index (χ1v) is 15.1. The van der Waals surface area contributed by atoms with E-state index in [0.29, 0.717) is 0 Å². The third-order valence-corrected chi connectivity index (χ3v) is 9.17. The highest BCUT2D eigenvalue weighted by molar-refractivity contribution is 7.25. The van der Waals surface area contributed by atoms with Crippen LogP contribution in [0.4, 0.5) is 17.1 Å². The second kappa shape index (κ2) is 10.3. The number of fused-ring (bicyclic) bond motifs is 4. The molecule has 2 heteroatoms. The molecule has 0 amide bonds. The molecule has 0 saturated heterocycles. The second-order valence-electron chi connectivity index (χ2n) is 10.6. The average molecular weight is 554 g/mol. The monoisotopic (exact) mass is 553 g/mol. The molecule has 0 unspecified atom stereocenters. The molecular weight excluding hydrogens is 527 g/mol. The standard InChI is InChI=1S/C40H27NS/c1-2-14-33(15-3-1)41(34-16-10-13-30(26-34)31-22-21-28-11-4-5-12-29(28)25-31)38-19-8-6-17-35(38)32-23-24-37-36-18-7-9-20-39(36)42-40(37)27-32/h1-27H. The predicted molar refractivity (Wildman–Crippen MR) is 182 cm³/mol. The van der Waals surface area contributed by atoms with Crippen LogP contribution in [0.15, 0.2) is 164 Å². The normalized spacial score (nSPS) is 11.3. The van der Waals surface area contributed by atoms with Crippen LogP contribution >= 0.6 is 11.3 Å². The average Bonchev–Trinajstić information content (AvgIpc) is 3.43. The topological polar surface area (TPSA) is 3.24 Å². The van der Waals surface area contributed by atoms with Crippen molar-refractivity contribution in [2.75, 3.05) is 4.90 Å². The first-order chi connectivity index (χ1) is 20.8. The lowest BCUT2D eigenvalue weighted by atomic mass is 9.99. The third-order valence-electron chi connectivity index (χ3n) is 8.04. The van der Waals surface area contributed by atoms with E-state index < -0.39 is 0 Å². The Bertz CT molecular complexity index is 2210. The Hall–Kier alpha value is -5.18. The maximum Gasteiger partial charge on any atom is 0.0540 e. The number of nitrogens with zero attached hydrogens (tertiary/aromatic N) is 1. The van der Waals surface area contributed by atoms with Gasteiger partial charge in [0.25, 0.3) is 0 Å². The first-order valence-electron chi connectivity index (χ1n) is 14.3. The fourth-order valence-corrected chi connectivity index (χ4v) is 7.15. The minimum Gasteiger partial charge on any atom is -0.310 e. The van der Waals surface area contributed by atoms with Crippen LogP contribution in [-0.2, 0) is 0 Å². The van der Waals surface area contributed by atoms with Crippen molar-refractivity contribution in [1.82, 2.24) is 0 Å². The summed E-state index contributed by atoms with van der Waals surface area (Å²) in [6.07, 6.45) is 0. The van der Waals surface area contributed by atoms with E-state index in [2.05, 4.69) is 169 Å².